The van der Waals surface area contributed by atoms with Crippen molar-refractivity contribution < 1.29 is 25.8 Å². The van der Waals surface area contributed by atoms with Crippen LogP contribution in [0.25, 0.3) is 0 Å². The van der Waals surface area contributed by atoms with Crippen molar-refractivity contribution in [1.29, 1.82) is 0 Å². The maximum absolute atomic E-state index is 12.7. The van der Waals surface area contributed by atoms with Gasteiger partial charge in [0.05, 0.1) is 6.26 Å². The zero-order chi connectivity index (χ0) is 9.99. The van der Waals surface area contributed by atoms with Crippen LogP contribution in [0, 0.1) is 0 Å². The van der Waals surface area contributed by atoms with Crippen molar-refractivity contribution in [2.45, 2.75) is 12.3 Å². The van der Waals surface area contributed by atoms with Crippen LogP contribution in [0.1, 0.15) is 0 Å². The average Bonchev–Trinajstić information content (AvgIpc) is 1.83. The third-order valence-corrected chi connectivity index (χ3v) is 1.41. The van der Waals surface area contributed by atoms with E-state index in [1.54, 1.807) is 0 Å². The molecule has 1 atom stereocenters. The molecule has 0 radical (unpaired) electrons. The van der Waals surface area contributed by atoms with Gasteiger partial charge in [-0.05, 0) is 6.08 Å². The van der Waals surface area contributed by atoms with Gasteiger partial charge in [0.2, 0.25) is 0 Å². The highest BCUT2D eigenvalue weighted by Crippen LogP contribution is 2.25. The van der Waals surface area contributed by atoms with E-state index in [1.807, 2.05) is 0 Å². The molecule has 1 unspecified atom stereocenters. The summed E-state index contributed by atoms with van der Waals surface area (Å²) in [5, 5.41) is 0. The Kier molecular flexibility index (Phi) is 3.28. The van der Waals surface area contributed by atoms with Crippen LogP contribution in [-0.4, -0.2) is 27.0 Å². The first-order valence-electron chi connectivity index (χ1n) is 2.72. The molecule has 0 N–H and O–H groups in total. The summed E-state index contributed by atoms with van der Waals surface area (Å²) in [7, 11) is -4.27. The highest BCUT2D eigenvalue weighted by Gasteiger charge is 2.42. The van der Waals surface area contributed by atoms with Gasteiger partial charge in [-0.25, -0.2) is 13.0 Å². The Labute approximate surface area is 68.0 Å². The van der Waals surface area contributed by atoms with Crippen molar-refractivity contribution in [3.63, 3.8) is 0 Å². The summed E-state index contributed by atoms with van der Waals surface area (Å²) in [6, 6.07) is 0. The topological polar surface area (TPSA) is 43.4 Å². The fraction of sp³-hybridized carbons (Fsp3) is 0.600. The molecule has 0 fully saturated rings. The van der Waals surface area contributed by atoms with Crippen LogP contribution in [0.2, 0.25) is 0 Å². The third kappa shape index (κ3) is 3.22. The van der Waals surface area contributed by atoms with Crippen molar-refractivity contribution in [2.24, 2.45) is 0 Å². The maximum Gasteiger partial charge on any atom is 0.304 e. The molecule has 0 aromatic heterocycles. The summed E-state index contributed by atoms with van der Waals surface area (Å²) < 4.78 is 60.2. The molecular weight excluding hydrogens is 197 g/mol. The molecule has 0 bridgehead atoms. The van der Waals surface area contributed by atoms with E-state index in [4.69, 9.17) is 0 Å². The summed E-state index contributed by atoms with van der Waals surface area (Å²) >= 11 is 0. The highest BCUT2D eigenvalue weighted by atomic mass is 32.2. The lowest BCUT2D eigenvalue weighted by molar-refractivity contribution is -0.126. The minimum Gasteiger partial charge on any atom is -0.220 e. The van der Waals surface area contributed by atoms with Gasteiger partial charge in [0, 0.05) is 0 Å². The van der Waals surface area contributed by atoms with Gasteiger partial charge < -0.3 is 0 Å². The van der Waals surface area contributed by atoms with Crippen molar-refractivity contribution >= 4 is 10.1 Å². The Morgan fingerprint density at radius 1 is 1.58 bits per heavy atom. The molecule has 0 aliphatic carbocycles. The normalized spacial score (nSPS) is 17.4. The molecule has 0 aliphatic rings. The number of halogens is 3. The van der Waals surface area contributed by atoms with Crippen LogP contribution in [0.3, 0.4) is 0 Å². The molecule has 0 heterocycles. The van der Waals surface area contributed by atoms with E-state index in [9.17, 15) is 21.6 Å². The predicted octanol–water partition coefficient (Wildman–Crippen LogP) is 1.08. The van der Waals surface area contributed by atoms with Crippen molar-refractivity contribution in [3.05, 3.63) is 12.7 Å². The van der Waals surface area contributed by atoms with Gasteiger partial charge in [0.1, 0.15) is 0 Å². The first-order valence-corrected chi connectivity index (χ1v) is 4.54. The zero-order valence-electron chi connectivity index (χ0n) is 6.13. The standard InChI is InChI=1S/C5H7F3O3S/c1-3-5(8,4(6)7)11-12(2,9)10/h3-4H,1H2,2H3. The van der Waals surface area contributed by atoms with Crippen molar-refractivity contribution in [3.8, 4) is 0 Å². The summed E-state index contributed by atoms with van der Waals surface area (Å²) in [5.41, 5.74) is 0. The van der Waals surface area contributed by atoms with E-state index in [0.717, 1.165) is 0 Å². The Morgan fingerprint density at radius 2 is 2.00 bits per heavy atom. The minimum atomic E-state index is -4.27. The molecule has 0 aromatic carbocycles. The second-order valence-corrected chi connectivity index (χ2v) is 3.56. The quantitative estimate of drug-likeness (QED) is 0.508. The number of hydrogen-bond donors (Lipinski definition) is 0. The molecule has 0 aliphatic heterocycles. The Bertz CT molecular complexity index is 261. The van der Waals surface area contributed by atoms with Crippen LogP contribution in [-0.2, 0) is 14.3 Å². The Morgan fingerprint density at radius 3 is 2.08 bits per heavy atom. The highest BCUT2D eigenvalue weighted by molar-refractivity contribution is 7.86. The van der Waals surface area contributed by atoms with Gasteiger partial charge >= 0.3 is 12.3 Å². The zero-order valence-corrected chi connectivity index (χ0v) is 6.95. The molecule has 72 valence electrons. The molecule has 3 nitrogen and oxygen atoms in total. The Balaban J connectivity index is 4.69. The maximum atomic E-state index is 12.7. The summed E-state index contributed by atoms with van der Waals surface area (Å²) in [4.78, 5) is 0. The second kappa shape index (κ2) is 3.44. The fourth-order valence-corrected chi connectivity index (χ4v) is 0.996. The fourth-order valence-electron chi connectivity index (χ4n) is 0.391. The van der Waals surface area contributed by atoms with Crippen LogP contribution in [0.5, 0.6) is 0 Å². The van der Waals surface area contributed by atoms with Gasteiger partial charge in [-0.1, -0.05) is 6.58 Å². The van der Waals surface area contributed by atoms with E-state index in [1.165, 1.54) is 0 Å². The van der Waals surface area contributed by atoms with Crippen LogP contribution in [0.15, 0.2) is 12.7 Å². The molecule has 0 amide bonds. The summed E-state index contributed by atoms with van der Waals surface area (Å²) in [6.45, 7) is 2.69. The lowest BCUT2D eigenvalue weighted by Crippen LogP contribution is -2.35. The lowest BCUT2D eigenvalue weighted by Gasteiger charge is -2.18. The van der Waals surface area contributed by atoms with Gasteiger partial charge in [-0.15, -0.1) is 0 Å². The number of hydrogen-bond acceptors (Lipinski definition) is 3. The summed E-state index contributed by atoms with van der Waals surface area (Å²) in [6.07, 6.45) is -3.03. The molecule has 7 heteroatoms. The van der Waals surface area contributed by atoms with Crippen LogP contribution >= 0.6 is 0 Å². The summed E-state index contributed by atoms with van der Waals surface area (Å²) in [5.74, 6) is -3.63. The van der Waals surface area contributed by atoms with E-state index >= 15 is 0 Å². The smallest absolute Gasteiger partial charge is 0.220 e. The number of rotatable bonds is 4. The first kappa shape index (κ1) is 11.4. The lowest BCUT2D eigenvalue weighted by atomic mass is 10.3. The van der Waals surface area contributed by atoms with E-state index in [2.05, 4.69) is 10.8 Å². The molecule has 0 saturated heterocycles. The molecular formula is C5H7F3O3S. The molecule has 0 aromatic rings. The van der Waals surface area contributed by atoms with Gasteiger partial charge in [0.15, 0.2) is 0 Å². The van der Waals surface area contributed by atoms with E-state index in [-0.39, 0.29) is 6.08 Å². The first-order chi connectivity index (χ1) is 5.21. The second-order valence-electron chi connectivity index (χ2n) is 1.99. The molecule has 12 heavy (non-hydrogen) atoms. The van der Waals surface area contributed by atoms with Crippen LogP contribution in [0.4, 0.5) is 13.2 Å². The molecule has 0 saturated carbocycles. The largest absolute Gasteiger partial charge is 0.304 e. The SMILES string of the molecule is C=CC(F)(OS(C)(=O)=O)C(F)F. The van der Waals surface area contributed by atoms with Crippen molar-refractivity contribution in [1.82, 2.24) is 0 Å². The van der Waals surface area contributed by atoms with E-state index < -0.39 is 22.4 Å². The van der Waals surface area contributed by atoms with Crippen molar-refractivity contribution in [2.75, 3.05) is 6.26 Å². The molecule has 0 spiro atoms. The minimum absolute atomic E-state index is 0.0959. The monoisotopic (exact) mass is 204 g/mol. The Hall–Kier alpha value is -0.560. The van der Waals surface area contributed by atoms with Gasteiger partial charge in [0.25, 0.3) is 10.1 Å². The predicted molar refractivity (Wildman–Crippen MR) is 36.0 cm³/mol. The van der Waals surface area contributed by atoms with Gasteiger partial charge in [-0.3, -0.25) is 0 Å². The average molecular weight is 204 g/mol. The van der Waals surface area contributed by atoms with E-state index in [0.29, 0.717) is 6.26 Å². The van der Waals surface area contributed by atoms with Crippen LogP contribution < -0.4 is 0 Å². The van der Waals surface area contributed by atoms with Gasteiger partial charge in [-0.2, -0.15) is 12.8 Å². The number of alkyl halides is 3. The molecule has 0 rings (SSSR count). The third-order valence-electron chi connectivity index (χ3n) is 0.855.